The highest BCUT2D eigenvalue weighted by atomic mass is 32.2. The molecular formula is C19H18F2N4O3S. The molecule has 3 aromatic rings. The van der Waals surface area contributed by atoms with Crippen LogP contribution in [0.2, 0.25) is 0 Å². The van der Waals surface area contributed by atoms with E-state index in [0.29, 0.717) is 0 Å². The number of carbonyl (C=O) groups excluding carboxylic acids is 1. The minimum Gasteiger partial charge on any atom is -0.319 e. The molecule has 3 rings (SSSR count). The van der Waals surface area contributed by atoms with Crippen molar-refractivity contribution in [2.75, 3.05) is 16.7 Å². The Bertz CT molecular complexity index is 1170. The van der Waals surface area contributed by atoms with E-state index in [-0.39, 0.29) is 22.0 Å². The molecule has 0 radical (unpaired) electrons. The molecule has 0 unspecified atom stereocenters. The lowest BCUT2D eigenvalue weighted by Gasteiger charge is -2.21. The minimum atomic E-state index is -3.99. The average molecular weight is 420 g/mol. The lowest BCUT2D eigenvalue weighted by Crippen LogP contribution is -2.30. The molecular weight excluding hydrogens is 402 g/mol. The first-order valence-electron chi connectivity index (χ1n) is 8.45. The molecule has 0 bridgehead atoms. The van der Waals surface area contributed by atoms with Gasteiger partial charge in [0.25, 0.3) is 15.9 Å². The van der Waals surface area contributed by atoms with Gasteiger partial charge in [0.05, 0.1) is 16.8 Å². The number of nitrogens with one attached hydrogen (secondary N) is 1. The van der Waals surface area contributed by atoms with Crippen LogP contribution in [0.3, 0.4) is 0 Å². The predicted octanol–water partition coefficient (Wildman–Crippen LogP) is 3.08. The molecule has 0 aliphatic carbocycles. The zero-order valence-corrected chi connectivity index (χ0v) is 16.7. The minimum absolute atomic E-state index is 0.0279. The van der Waals surface area contributed by atoms with Gasteiger partial charge < -0.3 is 5.32 Å². The van der Waals surface area contributed by atoms with Gasteiger partial charge in [-0.2, -0.15) is 5.10 Å². The standard InChI is InChI=1S/C19H18F2N4O3S/c1-12-4-7-14(8-5-12)29(27,28)25(3)19-15(11-22-24(19)2)18(26)23-17-10-13(20)6-9-16(17)21/h4-11H,1-3H3,(H,23,26). The second-order valence-corrected chi connectivity index (χ2v) is 8.34. The van der Waals surface area contributed by atoms with E-state index in [4.69, 9.17) is 0 Å². The van der Waals surface area contributed by atoms with Crippen LogP contribution in [0, 0.1) is 18.6 Å². The summed E-state index contributed by atoms with van der Waals surface area (Å²) < 4.78 is 55.3. The Balaban J connectivity index is 1.97. The van der Waals surface area contributed by atoms with Crippen LogP contribution in [-0.2, 0) is 17.1 Å². The van der Waals surface area contributed by atoms with Crippen molar-refractivity contribution in [2.45, 2.75) is 11.8 Å². The normalized spacial score (nSPS) is 11.3. The van der Waals surface area contributed by atoms with Crippen LogP contribution in [-0.4, -0.2) is 31.2 Å². The molecule has 29 heavy (non-hydrogen) atoms. The number of amides is 1. The lowest BCUT2D eigenvalue weighted by molar-refractivity contribution is 0.102. The molecule has 0 atom stereocenters. The SMILES string of the molecule is Cc1ccc(S(=O)(=O)N(C)c2c(C(=O)Nc3cc(F)ccc3F)cnn2C)cc1. The second-order valence-electron chi connectivity index (χ2n) is 6.37. The first-order valence-corrected chi connectivity index (χ1v) is 9.89. The summed E-state index contributed by atoms with van der Waals surface area (Å²) in [5.74, 6) is -2.42. The third-order valence-electron chi connectivity index (χ3n) is 4.31. The molecule has 2 aromatic carbocycles. The van der Waals surface area contributed by atoms with Crippen LogP contribution in [0.25, 0.3) is 0 Å². The number of carbonyl (C=O) groups is 1. The van der Waals surface area contributed by atoms with Crippen LogP contribution < -0.4 is 9.62 Å². The highest BCUT2D eigenvalue weighted by molar-refractivity contribution is 7.92. The number of hydrogen-bond acceptors (Lipinski definition) is 4. The van der Waals surface area contributed by atoms with Crippen LogP contribution in [0.15, 0.2) is 53.6 Å². The van der Waals surface area contributed by atoms with E-state index in [1.807, 2.05) is 6.92 Å². The van der Waals surface area contributed by atoms with Gasteiger partial charge in [-0.15, -0.1) is 0 Å². The Labute approximate surface area is 166 Å². The number of halogens is 2. The van der Waals surface area contributed by atoms with Crippen LogP contribution in [0.1, 0.15) is 15.9 Å². The van der Waals surface area contributed by atoms with Crippen molar-refractivity contribution in [1.29, 1.82) is 0 Å². The van der Waals surface area contributed by atoms with Crippen molar-refractivity contribution in [3.05, 3.63) is 71.4 Å². The molecule has 0 aliphatic rings. The molecule has 1 amide bonds. The molecule has 10 heteroatoms. The molecule has 0 aliphatic heterocycles. The van der Waals surface area contributed by atoms with Crippen LogP contribution in [0.5, 0.6) is 0 Å². The van der Waals surface area contributed by atoms with Crippen molar-refractivity contribution < 1.29 is 22.0 Å². The Hall–Kier alpha value is -3.27. The van der Waals surface area contributed by atoms with E-state index < -0.39 is 27.6 Å². The number of anilines is 2. The lowest BCUT2D eigenvalue weighted by atomic mass is 10.2. The Morgan fingerprint density at radius 1 is 1.14 bits per heavy atom. The van der Waals surface area contributed by atoms with E-state index in [1.54, 1.807) is 12.1 Å². The van der Waals surface area contributed by atoms with Crippen LogP contribution in [0.4, 0.5) is 20.3 Å². The molecule has 0 spiro atoms. The second kappa shape index (κ2) is 7.63. The fourth-order valence-corrected chi connectivity index (χ4v) is 3.97. The molecule has 152 valence electrons. The van der Waals surface area contributed by atoms with Crippen molar-refractivity contribution in [3.8, 4) is 0 Å². The average Bonchev–Trinajstić information content (AvgIpc) is 3.05. The highest BCUT2D eigenvalue weighted by Crippen LogP contribution is 2.26. The largest absolute Gasteiger partial charge is 0.319 e. The third-order valence-corrected chi connectivity index (χ3v) is 6.07. The quantitative estimate of drug-likeness (QED) is 0.688. The van der Waals surface area contributed by atoms with Gasteiger partial charge in [-0.3, -0.25) is 13.8 Å². The zero-order chi connectivity index (χ0) is 21.3. The smallest absolute Gasteiger partial charge is 0.265 e. The Kier molecular flexibility index (Phi) is 5.38. The summed E-state index contributed by atoms with van der Waals surface area (Å²) in [5, 5.41) is 6.19. The van der Waals surface area contributed by atoms with Crippen LogP contribution >= 0.6 is 0 Å². The maximum atomic E-state index is 13.8. The summed E-state index contributed by atoms with van der Waals surface area (Å²) in [6.07, 6.45) is 1.16. The van der Waals surface area contributed by atoms with Crippen molar-refractivity contribution >= 4 is 27.4 Å². The fourth-order valence-electron chi connectivity index (χ4n) is 2.73. The summed E-state index contributed by atoms with van der Waals surface area (Å²) in [5.41, 5.74) is 0.410. The van der Waals surface area contributed by atoms with Gasteiger partial charge >= 0.3 is 0 Å². The van der Waals surface area contributed by atoms with Gasteiger partial charge in [-0.25, -0.2) is 17.2 Å². The Morgan fingerprint density at radius 2 is 1.79 bits per heavy atom. The van der Waals surface area contributed by atoms with Gasteiger partial charge in [0.1, 0.15) is 17.2 Å². The summed E-state index contributed by atoms with van der Waals surface area (Å²) in [6.45, 7) is 1.83. The molecule has 1 heterocycles. The van der Waals surface area contributed by atoms with E-state index in [0.717, 1.165) is 34.3 Å². The first kappa shape index (κ1) is 20.5. The third kappa shape index (κ3) is 3.97. The van der Waals surface area contributed by atoms with E-state index in [9.17, 15) is 22.0 Å². The van der Waals surface area contributed by atoms with Crippen molar-refractivity contribution in [3.63, 3.8) is 0 Å². The Morgan fingerprint density at radius 3 is 2.45 bits per heavy atom. The molecule has 1 aromatic heterocycles. The maximum Gasteiger partial charge on any atom is 0.265 e. The van der Waals surface area contributed by atoms with Crippen molar-refractivity contribution in [2.24, 2.45) is 7.05 Å². The summed E-state index contributed by atoms with van der Waals surface area (Å²) in [7, 11) is -1.23. The number of aryl methyl sites for hydroxylation is 2. The number of aromatic nitrogens is 2. The first-order chi connectivity index (χ1) is 13.6. The zero-order valence-electron chi connectivity index (χ0n) is 15.8. The number of nitrogens with zero attached hydrogens (tertiary/aromatic N) is 3. The van der Waals surface area contributed by atoms with E-state index in [2.05, 4.69) is 10.4 Å². The van der Waals surface area contributed by atoms with E-state index in [1.165, 1.54) is 30.9 Å². The fraction of sp³-hybridized carbons (Fsp3) is 0.158. The number of sulfonamides is 1. The summed E-state index contributed by atoms with van der Waals surface area (Å²) >= 11 is 0. The molecule has 0 fully saturated rings. The number of rotatable bonds is 5. The van der Waals surface area contributed by atoms with Crippen molar-refractivity contribution in [1.82, 2.24) is 9.78 Å². The summed E-state index contributed by atoms with van der Waals surface area (Å²) in [6, 6.07) is 8.86. The van der Waals surface area contributed by atoms with Gasteiger partial charge in [-0.1, -0.05) is 17.7 Å². The number of hydrogen-bond donors (Lipinski definition) is 1. The van der Waals surface area contributed by atoms with Gasteiger partial charge in [0.2, 0.25) is 0 Å². The summed E-state index contributed by atoms with van der Waals surface area (Å²) in [4.78, 5) is 12.7. The topological polar surface area (TPSA) is 84.3 Å². The monoisotopic (exact) mass is 420 g/mol. The molecule has 7 nitrogen and oxygen atoms in total. The van der Waals surface area contributed by atoms with Gasteiger partial charge in [0, 0.05) is 20.2 Å². The van der Waals surface area contributed by atoms with Gasteiger partial charge in [-0.05, 0) is 31.2 Å². The molecule has 0 saturated carbocycles. The van der Waals surface area contributed by atoms with Gasteiger partial charge in [0.15, 0.2) is 5.82 Å². The number of benzene rings is 2. The molecule has 0 saturated heterocycles. The maximum absolute atomic E-state index is 13.8. The molecule has 1 N–H and O–H groups in total. The van der Waals surface area contributed by atoms with E-state index >= 15 is 0 Å². The predicted molar refractivity (Wildman–Crippen MR) is 104 cm³/mol. The highest BCUT2D eigenvalue weighted by Gasteiger charge is 2.28.